The molecular weight excluding hydrogens is 532 g/mol. The summed E-state index contributed by atoms with van der Waals surface area (Å²) < 4.78 is 17.4. The number of alkyl carbamates (subject to hydrolysis) is 1. The van der Waals surface area contributed by atoms with E-state index in [0.717, 1.165) is 18.4 Å². The highest BCUT2D eigenvalue weighted by Crippen LogP contribution is 2.29. The summed E-state index contributed by atoms with van der Waals surface area (Å²) in [5, 5.41) is 24.3. The number of nitrogens with one attached hydrogen (secondary N) is 2. The summed E-state index contributed by atoms with van der Waals surface area (Å²) in [5.41, 5.74) is 1.67. The number of ether oxygens (including phenoxy) is 3. The Morgan fingerprint density at radius 2 is 1.45 bits per heavy atom. The standard InChI is InChI=1S/C33H34N4O5/c1-33(2,3)42-32(39)37-27-11-9-26(10-12-27)36-31(38)25-16-29(40-21-24-6-4-5-23(15-24)20-35)18-30(17-25)41-28-13-7-22(19-34)8-14-28/h4-8,13-18,26-27H,9-12,21H2,1-3H3,(H,36,38)(H,37,39). The molecule has 0 bridgehead atoms. The van der Waals surface area contributed by atoms with E-state index >= 15 is 0 Å². The van der Waals surface area contributed by atoms with Gasteiger partial charge in [-0.25, -0.2) is 4.79 Å². The van der Waals surface area contributed by atoms with Crippen LogP contribution in [0.15, 0.2) is 66.7 Å². The van der Waals surface area contributed by atoms with Crippen LogP contribution in [0, 0.1) is 22.7 Å². The number of amides is 2. The number of benzene rings is 3. The first-order chi connectivity index (χ1) is 20.1. The summed E-state index contributed by atoms with van der Waals surface area (Å²) in [6.45, 7) is 5.68. The lowest BCUT2D eigenvalue weighted by Gasteiger charge is -2.30. The second kappa shape index (κ2) is 13.6. The highest BCUT2D eigenvalue weighted by molar-refractivity contribution is 5.95. The van der Waals surface area contributed by atoms with Crippen LogP contribution in [0.3, 0.4) is 0 Å². The Labute approximate surface area is 246 Å². The maximum absolute atomic E-state index is 13.3. The van der Waals surface area contributed by atoms with Crippen LogP contribution in [0.4, 0.5) is 4.79 Å². The fourth-order valence-corrected chi connectivity index (χ4v) is 4.60. The largest absolute Gasteiger partial charge is 0.489 e. The van der Waals surface area contributed by atoms with Gasteiger partial charge in [-0.2, -0.15) is 10.5 Å². The van der Waals surface area contributed by atoms with Gasteiger partial charge in [0.25, 0.3) is 5.91 Å². The first-order valence-corrected chi connectivity index (χ1v) is 13.9. The lowest BCUT2D eigenvalue weighted by molar-refractivity contribution is 0.0488. The lowest BCUT2D eigenvalue weighted by Crippen LogP contribution is -2.45. The molecule has 2 N–H and O–H groups in total. The number of nitrogens with zero attached hydrogens (tertiary/aromatic N) is 2. The fourth-order valence-electron chi connectivity index (χ4n) is 4.60. The Balaban J connectivity index is 1.44. The zero-order chi connectivity index (χ0) is 30.1. The van der Waals surface area contributed by atoms with Crippen molar-refractivity contribution >= 4 is 12.0 Å². The van der Waals surface area contributed by atoms with Gasteiger partial charge in [0.2, 0.25) is 0 Å². The van der Waals surface area contributed by atoms with E-state index in [1.807, 2.05) is 26.8 Å². The van der Waals surface area contributed by atoms with E-state index in [1.54, 1.807) is 60.7 Å². The van der Waals surface area contributed by atoms with Gasteiger partial charge >= 0.3 is 6.09 Å². The molecule has 9 nitrogen and oxygen atoms in total. The van der Waals surface area contributed by atoms with Crippen LogP contribution in [0.5, 0.6) is 17.2 Å². The lowest BCUT2D eigenvalue weighted by atomic mass is 9.91. The Morgan fingerprint density at radius 1 is 0.810 bits per heavy atom. The second-order valence-corrected chi connectivity index (χ2v) is 11.2. The molecule has 9 heteroatoms. The third kappa shape index (κ3) is 9.00. The molecular formula is C33H34N4O5. The molecule has 3 aromatic carbocycles. The Hall–Kier alpha value is -5.02. The van der Waals surface area contributed by atoms with Crippen LogP contribution < -0.4 is 20.1 Å². The minimum atomic E-state index is -0.559. The number of carbonyl (C=O) groups excluding carboxylic acids is 2. The zero-order valence-corrected chi connectivity index (χ0v) is 24.0. The van der Waals surface area contributed by atoms with Gasteiger partial charge in [-0.15, -0.1) is 0 Å². The van der Waals surface area contributed by atoms with E-state index in [4.69, 9.17) is 19.5 Å². The molecule has 0 spiro atoms. The highest BCUT2D eigenvalue weighted by atomic mass is 16.6. The Bertz CT molecular complexity index is 1490. The molecule has 0 atom stereocenters. The summed E-state index contributed by atoms with van der Waals surface area (Å²) in [7, 11) is 0. The Morgan fingerprint density at radius 3 is 2.10 bits per heavy atom. The number of carbonyl (C=O) groups is 2. The average Bonchev–Trinajstić information content (AvgIpc) is 2.96. The fraction of sp³-hybridized carbons (Fsp3) is 0.333. The monoisotopic (exact) mass is 566 g/mol. The molecule has 0 heterocycles. The molecule has 42 heavy (non-hydrogen) atoms. The summed E-state index contributed by atoms with van der Waals surface area (Å²) in [4.78, 5) is 25.5. The van der Waals surface area contributed by atoms with Crippen LogP contribution in [-0.2, 0) is 11.3 Å². The minimum Gasteiger partial charge on any atom is -0.489 e. The van der Waals surface area contributed by atoms with Crippen molar-refractivity contribution in [2.24, 2.45) is 0 Å². The van der Waals surface area contributed by atoms with Crippen molar-refractivity contribution in [1.82, 2.24) is 10.6 Å². The number of nitriles is 2. The maximum atomic E-state index is 13.3. The zero-order valence-electron chi connectivity index (χ0n) is 24.0. The molecule has 0 aliphatic heterocycles. The van der Waals surface area contributed by atoms with E-state index in [-0.39, 0.29) is 24.6 Å². The van der Waals surface area contributed by atoms with Crippen LogP contribution >= 0.6 is 0 Å². The van der Waals surface area contributed by atoms with Crippen molar-refractivity contribution in [2.45, 2.75) is 70.7 Å². The molecule has 1 saturated carbocycles. The van der Waals surface area contributed by atoms with Gasteiger partial charge in [-0.3, -0.25) is 4.79 Å². The molecule has 0 unspecified atom stereocenters. The normalized spacial score (nSPS) is 16.3. The van der Waals surface area contributed by atoms with Crippen molar-refractivity contribution in [3.05, 3.63) is 89.0 Å². The molecule has 216 valence electrons. The summed E-state index contributed by atoms with van der Waals surface area (Å²) in [6.07, 6.45) is 2.45. The third-order valence-electron chi connectivity index (χ3n) is 6.61. The molecule has 0 aromatic heterocycles. The van der Waals surface area contributed by atoms with Crippen molar-refractivity contribution in [1.29, 1.82) is 10.5 Å². The molecule has 0 saturated heterocycles. The van der Waals surface area contributed by atoms with Gasteiger partial charge in [0.1, 0.15) is 29.5 Å². The molecule has 1 fully saturated rings. The SMILES string of the molecule is CC(C)(C)OC(=O)NC1CCC(NC(=O)c2cc(OCc3cccc(C#N)c3)cc(Oc3ccc(C#N)cc3)c2)CC1. The van der Waals surface area contributed by atoms with Crippen LogP contribution in [0.25, 0.3) is 0 Å². The number of rotatable bonds is 8. The van der Waals surface area contributed by atoms with Gasteiger partial charge in [-0.05, 0) is 101 Å². The second-order valence-electron chi connectivity index (χ2n) is 11.2. The number of hydrogen-bond acceptors (Lipinski definition) is 7. The predicted molar refractivity (Wildman–Crippen MR) is 156 cm³/mol. The third-order valence-corrected chi connectivity index (χ3v) is 6.61. The van der Waals surface area contributed by atoms with Crippen LogP contribution in [0.1, 0.15) is 73.5 Å². The highest BCUT2D eigenvalue weighted by Gasteiger charge is 2.26. The summed E-state index contributed by atoms with van der Waals surface area (Å²) >= 11 is 0. The van der Waals surface area contributed by atoms with Crippen LogP contribution in [0.2, 0.25) is 0 Å². The first-order valence-electron chi connectivity index (χ1n) is 13.9. The first kappa shape index (κ1) is 30.0. The minimum absolute atomic E-state index is 0.00306. The smallest absolute Gasteiger partial charge is 0.407 e. The van der Waals surface area contributed by atoms with Crippen molar-refractivity contribution in [2.75, 3.05) is 0 Å². The van der Waals surface area contributed by atoms with Gasteiger partial charge in [0.05, 0.1) is 23.3 Å². The van der Waals surface area contributed by atoms with E-state index in [2.05, 4.69) is 22.8 Å². The topological polar surface area (TPSA) is 133 Å². The summed E-state index contributed by atoms with van der Waals surface area (Å²) in [5.74, 6) is 1.08. The van der Waals surface area contributed by atoms with Gasteiger partial charge in [-0.1, -0.05) is 12.1 Å². The quantitative estimate of drug-likeness (QED) is 0.324. The van der Waals surface area contributed by atoms with Gasteiger partial charge in [0.15, 0.2) is 0 Å². The molecule has 1 aliphatic rings. The van der Waals surface area contributed by atoms with Crippen molar-refractivity contribution in [3.63, 3.8) is 0 Å². The maximum Gasteiger partial charge on any atom is 0.407 e. The molecule has 0 radical (unpaired) electrons. The predicted octanol–water partition coefficient (Wildman–Crippen LogP) is 6.37. The van der Waals surface area contributed by atoms with E-state index < -0.39 is 11.7 Å². The molecule has 3 aromatic rings. The van der Waals surface area contributed by atoms with Crippen molar-refractivity contribution < 1.29 is 23.8 Å². The average molecular weight is 567 g/mol. The number of hydrogen-bond donors (Lipinski definition) is 2. The molecule has 4 rings (SSSR count). The van der Waals surface area contributed by atoms with Crippen molar-refractivity contribution in [3.8, 4) is 29.4 Å². The van der Waals surface area contributed by atoms with E-state index in [1.165, 1.54) is 0 Å². The van der Waals surface area contributed by atoms with Gasteiger partial charge < -0.3 is 24.8 Å². The van der Waals surface area contributed by atoms with E-state index in [0.29, 0.717) is 46.8 Å². The summed E-state index contributed by atoms with van der Waals surface area (Å²) in [6, 6.07) is 22.9. The van der Waals surface area contributed by atoms with E-state index in [9.17, 15) is 14.9 Å². The molecule has 1 aliphatic carbocycles. The van der Waals surface area contributed by atoms with Gasteiger partial charge in [0, 0.05) is 23.7 Å². The Kier molecular flexibility index (Phi) is 9.67. The van der Waals surface area contributed by atoms with Crippen LogP contribution in [-0.4, -0.2) is 29.7 Å². The molecule has 2 amide bonds.